The van der Waals surface area contributed by atoms with E-state index in [9.17, 15) is 18.0 Å². The lowest BCUT2D eigenvalue weighted by molar-refractivity contribution is -0.183. The van der Waals surface area contributed by atoms with Crippen molar-refractivity contribution in [2.75, 3.05) is 39.5 Å². The third-order valence-electron chi connectivity index (χ3n) is 4.12. The number of benzene rings is 1. The van der Waals surface area contributed by atoms with Gasteiger partial charge < -0.3 is 20.1 Å². The van der Waals surface area contributed by atoms with Crippen LogP contribution in [0.5, 0.6) is 11.5 Å². The summed E-state index contributed by atoms with van der Waals surface area (Å²) in [5, 5.41) is 5.53. The van der Waals surface area contributed by atoms with E-state index < -0.39 is 24.7 Å². The molecule has 2 heterocycles. The van der Waals surface area contributed by atoms with Crippen LogP contribution in [0.1, 0.15) is 10.4 Å². The molecule has 1 aromatic rings. The van der Waals surface area contributed by atoms with E-state index in [4.69, 9.17) is 21.1 Å². The predicted octanol–water partition coefficient (Wildman–Crippen LogP) is 2.06. The summed E-state index contributed by atoms with van der Waals surface area (Å²) < 4.78 is 50.3. The first-order valence-electron chi connectivity index (χ1n) is 7.75. The zero-order valence-corrected chi connectivity index (χ0v) is 15.1. The van der Waals surface area contributed by atoms with Crippen LogP contribution in [-0.4, -0.2) is 62.5 Å². The lowest BCUT2D eigenvalue weighted by Gasteiger charge is -2.35. The number of piperazine rings is 1. The van der Waals surface area contributed by atoms with E-state index in [0.29, 0.717) is 24.6 Å². The monoisotopic (exact) mass is 415 g/mol. The minimum Gasteiger partial charge on any atom is -0.454 e. The topological polar surface area (TPSA) is 62.8 Å². The second kappa shape index (κ2) is 8.51. The fourth-order valence-electron chi connectivity index (χ4n) is 2.84. The summed E-state index contributed by atoms with van der Waals surface area (Å²) in [5.41, 5.74) is 0.121. The maximum atomic E-state index is 13.3. The van der Waals surface area contributed by atoms with Crippen LogP contribution in [-0.2, 0) is 0 Å². The summed E-state index contributed by atoms with van der Waals surface area (Å²) in [4.78, 5) is 13.6. The number of carbonyl (C=O) groups is 1. The van der Waals surface area contributed by atoms with E-state index in [-0.39, 0.29) is 42.9 Å². The highest BCUT2D eigenvalue weighted by Gasteiger charge is 2.43. The van der Waals surface area contributed by atoms with Crippen LogP contribution in [0.2, 0.25) is 5.02 Å². The Labute approximate surface area is 159 Å². The summed E-state index contributed by atoms with van der Waals surface area (Å²) in [5.74, 6) is -0.0242. The molecule has 2 N–H and O–H groups in total. The Morgan fingerprint density at radius 3 is 2.65 bits per heavy atom. The summed E-state index contributed by atoms with van der Waals surface area (Å²) in [6.07, 6.45) is -4.43. The highest BCUT2D eigenvalue weighted by molar-refractivity contribution is 6.32. The van der Waals surface area contributed by atoms with E-state index in [1.807, 2.05) is 0 Å². The van der Waals surface area contributed by atoms with Crippen LogP contribution in [0.25, 0.3) is 0 Å². The van der Waals surface area contributed by atoms with Crippen molar-refractivity contribution in [3.05, 3.63) is 22.7 Å². The number of fused-ring (bicyclic) bond motifs is 1. The largest absolute Gasteiger partial charge is 0.454 e. The van der Waals surface area contributed by atoms with Crippen molar-refractivity contribution < 1.29 is 27.4 Å². The molecule has 2 aliphatic heterocycles. The van der Waals surface area contributed by atoms with Crippen molar-refractivity contribution in [1.29, 1.82) is 0 Å². The number of ether oxygens (including phenoxy) is 2. The third-order valence-corrected chi connectivity index (χ3v) is 4.40. The molecule has 0 radical (unpaired) electrons. The van der Waals surface area contributed by atoms with Crippen molar-refractivity contribution in [2.45, 2.75) is 12.2 Å². The maximum absolute atomic E-state index is 13.3. The highest BCUT2D eigenvalue weighted by Crippen LogP contribution is 2.39. The smallest absolute Gasteiger partial charge is 0.405 e. The minimum atomic E-state index is -4.43. The van der Waals surface area contributed by atoms with Crippen LogP contribution in [0.15, 0.2) is 12.1 Å². The molecule has 0 aromatic heterocycles. The van der Waals surface area contributed by atoms with Gasteiger partial charge in [0.25, 0.3) is 5.91 Å². The average Bonchev–Trinajstić information content (AvgIpc) is 3.03. The van der Waals surface area contributed by atoms with Crippen LogP contribution in [0.4, 0.5) is 13.2 Å². The van der Waals surface area contributed by atoms with Gasteiger partial charge in [0.2, 0.25) is 6.79 Å². The molecule has 1 fully saturated rings. The van der Waals surface area contributed by atoms with Gasteiger partial charge in [-0.05, 0) is 12.1 Å². The molecule has 1 saturated heterocycles. The van der Waals surface area contributed by atoms with Gasteiger partial charge in [-0.15, -0.1) is 12.4 Å². The van der Waals surface area contributed by atoms with Gasteiger partial charge in [0, 0.05) is 38.3 Å². The number of hydrogen-bond donors (Lipinski definition) is 2. The van der Waals surface area contributed by atoms with Gasteiger partial charge >= 0.3 is 6.18 Å². The van der Waals surface area contributed by atoms with Crippen LogP contribution in [0, 0.1) is 0 Å². The van der Waals surface area contributed by atoms with Crippen LogP contribution < -0.4 is 20.1 Å². The molecule has 146 valence electrons. The number of rotatable bonds is 4. The summed E-state index contributed by atoms with van der Waals surface area (Å²) >= 11 is 6.00. The van der Waals surface area contributed by atoms with Gasteiger partial charge in [0.1, 0.15) is 6.04 Å². The third kappa shape index (κ3) is 4.64. The summed E-state index contributed by atoms with van der Waals surface area (Å²) in [6, 6.07) is 1.01. The van der Waals surface area contributed by atoms with Gasteiger partial charge in [0.15, 0.2) is 11.5 Å². The van der Waals surface area contributed by atoms with Crippen molar-refractivity contribution >= 4 is 29.9 Å². The molecule has 26 heavy (non-hydrogen) atoms. The van der Waals surface area contributed by atoms with E-state index in [1.54, 1.807) is 0 Å². The molecule has 11 heteroatoms. The normalized spacial score (nSPS) is 18.2. The maximum Gasteiger partial charge on any atom is 0.405 e. The predicted molar refractivity (Wildman–Crippen MR) is 91.4 cm³/mol. The first-order valence-corrected chi connectivity index (χ1v) is 8.13. The summed E-state index contributed by atoms with van der Waals surface area (Å²) in [7, 11) is 0. The number of nitrogens with zero attached hydrogens (tertiary/aromatic N) is 1. The standard InChI is InChI=1S/C15H17ClF3N3O3.ClH/c16-10-5-9(6-11-13(10)25-8-24-11)14(23)21-7-12(15(17,18)19)22-3-1-20-2-4-22;/h5-6,12,20H,1-4,7-8H2,(H,21,23);1H. The Morgan fingerprint density at radius 2 is 2.00 bits per heavy atom. The number of hydrogen-bond acceptors (Lipinski definition) is 5. The molecule has 1 amide bonds. The molecular formula is C15H18Cl2F3N3O3. The lowest BCUT2D eigenvalue weighted by atomic mass is 10.1. The lowest BCUT2D eigenvalue weighted by Crippen LogP contribution is -2.57. The molecule has 1 aromatic carbocycles. The Balaban J connectivity index is 0.00000243. The minimum absolute atomic E-state index is 0. The summed E-state index contributed by atoms with van der Waals surface area (Å²) in [6.45, 7) is 0.968. The molecule has 2 aliphatic rings. The number of amides is 1. The second-order valence-corrected chi connectivity index (χ2v) is 6.15. The molecule has 0 saturated carbocycles. The molecule has 1 unspecified atom stereocenters. The Morgan fingerprint density at radius 1 is 1.31 bits per heavy atom. The van der Waals surface area contributed by atoms with Gasteiger partial charge in [-0.2, -0.15) is 13.2 Å². The fourth-order valence-corrected chi connectivity index (χ4v) is 3.10. The zero-order valence-electron chi connectivity index (χ0n) is 13.6. The first-order chi connectivity index (χ1) is 11.9. The van der Waals surface area contributed by atoms with Gasteiger partial charge in [-0.25, -0.2) is 0 Å². The van der Waals surface area contributed by atoms with Gasteiger partial charge in [-0.1, -0.05) is 11.6 Å². The molecule has 3 rings (SSSR count). The number of halogens is 5. The van der Waals surface area contributed by atoms with Crippen LogP contribution in [0.3, 0.4) is 0 Å². The molecule has 0 spiro atoms. The van der Waals surface area contributed by atoms with Crippen molar-refractivity contribution in [3.63, 3.8) is 0 Å². The van der Waals surface area contributed by atoms with Crippen molar-refractivity contribution in [1.82, 2.24) is 15.5 Å². The first kappa shape index (κ1) is 20.9. The Kier molecular flexibility index (Phi) is 6.84. The average molecular weight is 416 g/mol. The van der Waals surface area contributed by atoms with Crippen molar-refractivity contribution in [2.24, 2.45) is 0 Å². The van der Waals surface area contributed by atoms with Gasteiger partial charge in [-0.3, -0.25) is 9.69 Å². The van der Waals surface area contributed by atoms with E-state index in [2.05, 4.69) is 10.6 Å². The second-order valence-electron chi connectivity index (χ2n) is 5.75. The molecule has 0 bridgehead atoms. The van der Waals surface area contributed by atoms with E-state index in [1.165, 1.54) is 17.0 Å². The van der Waals surface area contributed by atoms with Crippen molar-refractivity contribution in [3.8, 4) is 11.5 Å². The number of carbonyl (C=O) groups excluding carboxylic acids is 1. The van der Waals surface area contributed by atoms with Crippen LogP contribution >= 0.6 is 24.0 Å². The fraction of sp³-hybridized carbons (Fsp3) is 0.533. The Hall–Kier alpha value is -1.42. The molecule has 1 atom stereocenters. The highest BCUT2D eigenvalue weighted by atomic mass is 35.5. The molecule has 0 aliphatic carbocycles. The molecular weight excluding hydrogens is 398 g/mol. The van der Waals surface area contributed by atoms with E-state index in [0.717, 1.165) is 0 Å². The molecule has 6 nitrogen and oxygen atoms in total. The van der Waals surface area contributed by atoms with E-state index >= 15 is 0 Å². The zero-order chi connectivity index (χ0) is 18.0. The number of alkyl halides is 3. The SMILES string of the molecule is Cl.O=C(NCC(N1CCNCC1)C(F)(F)F)c1cc(Cl)c2c(c1)OCO2. The van der Waals surface area contributed by atoms with Gasteiger partial charge in [0.05, 0.1) is 5.02 Å². The number of nitrogens with one attached hydrogen (secondary N) is 2. The quantitative estimate of drug-likeness (QED) is 0.787. The Bertz CT molecular complexity index is 655.